The Kier molecular flexibility index (Phi) is 5.86. The van der Waals surface area contributed by atoms with Crippen molar-refractivity contribution >= 4 is 23.5 Å². The second kappa shape index (κ2) is 8.49. The number of rotatable bonds is 6. The van der Waals surface area contributed by atoms with Crippen LogP contribution in [0.15, 0.2) is 71.5 Å². The third kappa shape index (κ3) is 4.63. The maximum absolute atomic E-state index is 12.4. The number of carboxylic acid groups (broad SMARTS) is 1. The molecule has 28 heavy (non-hydrogen) atoms. The minimum Gasteiger partial charge on any atom is -0.479 e. The summed E-state index contributed by atoms with van der Waals surface area (Å²) in [6.45, 7) is -0.406. The maximum atomic E-state index is 12.4. The third-order valence-electron chi connectivity index (χ3n) is 3.99. The Hall–Kier alpha value is -3.45. The average molecular weight is 398 g/mol. The van der Waals surface area contributed by atoms with Crippen molar-refractivity contribution in [3.8, 4) is 11.3 Å². The molecule has 0 unspecified atom stereocenters. The molecule has 1 atom stereocenters. The zero-order valence-electron chi connectivity index (χ0n) is 14.6. The van der Waals surface area contributed by atoms with E-state index >= 15 is 0 Å². The summed E-state index contributed by atoms with van der Waals surface area (Å²) < 4.78 is 0.989. The number of benzene rings is 2. The minimum atomic E-state index is -1.22. The Labute approximate surface area is 165 Å². The van der Waals surface area contributed by atoms with Gasteiger partial charge < -0.3 is 10.4 Å². The summed E-state index contributed by atoms with van der Waals surface area (Å²) in [7, 11) is 0. The number of aliphatic carboxylic acids is 1. The van der Waals surface area contributed by atoms with Gasteiger partial charge >= 0.3 is 5.97 Å². The molecule has 1 heterocycles. The van der Waals surface area contributed by atoms with Gasteiger partial charge in [0.2, 0.25) is 5.91 Å². The zero-order valence-corrected chi connectivity index (χ0v) is 15.3. The van der Waals surface area contributed by atoms with E-state index in [1.807, 2.05) is 0 Å². The topological polar surface area (TPSA) is 101 Å². The van der Waals surface area contributed by atoms with Crippen LogP contribution in [0.1, 0.15) is 11.6 Å². The summed E-state index contributed by atoms with van der Waals surface area (Å²) in [6.07, 6.45) is 0. The molecule has 2 aromatic carbocycles. The summed E-state index contributed by atoms with van der Waals surface area (Å²) in [4.78, 5) is 35.9. The van der Waals surface area contributed by atoms with Crippen LogP contribution >= 0.6 is 11.6 Å². The molecule has 2 N–H and O–H groups in total. The molecular formula is C20H16ClN3O4. The number of amides is 1. The van der Waals surface area contributed by atoms with E-state index in [0.29, 0.717) is 16.3 Å². The lowest BCUT2D eigenvalue weighted by molar-refractivity contribution is -0.142. The minimum absolute atomic E-state index is 0.406. The summed E-state index contributed by atoms with van der Waals surface area (Å²) in [5, 5.41) is 16.6. The van der Waals surface area contributed by atoms with Crippen molar-refractivity contribution in [3.63, 3.8) is 0 Å². The van der Waals surface area contributed by atoms with Gasteiger partial charge in [0.1, 0.15) is 6.54 Å². The number of carbonyl (C=O) groups excluding carboxylic acids is 1. The van der Waals surface area contributed by atoms with Crippen LogP contribution in [0, 0.1) is 0 Å². The SMILES string of the molecule is O=C(Cn1nc(-c2ccc(Cl)cc2)ccc1=O)N[C@H](C(=O)O)c1ccccc1. The van der Waals surface area contributed by atoms with Crippen LogP contribution in [0.4, 0.5) is 0 Å². The van der Waals surface area contributed by atoms with Gasteiger partial charge in [0, 0.05) is 16.7 Å². The van der Waals surface area contributed by atoms with E-state index in [1.165, 1.54) is 6.07 Å². The predicted octanol–water partition coefficient (Wildman–Crippen LogP) is 2.51. The van der Waals surface area contributed by atoms with Crippen molar-refractivity contribution in [2.75, 3.05) is 0 Å². The molecule has 0 aliphatic carbocycles. The molecule has 0 bridgehead atoms. The van der Waals surface area contributed by atoms with Crippen molar-refractivity contribution in [3.05, 3.63) is 87.7 Å². The lowest BCUT2D eigenvalue weighted by Gasteiger charge is -2.15. The zero-order chi connectivity index (χ0) is 20.1. The van der Waals surface area contributed by atoms with E-state index in [-0.39, 0.29) is 0 Å². The lowest BCUT2D eigenvalue weighted by atomic mass is 10.1. The number of carboxylic acids is 1. The van der Waals surface area contributed by atoms with Crippen LogP contribution in [-0.4, -0.2) is 26.8 Å². The van der Waals surface area contributed by atoms with Crippen LogP contribution < -0.4 is 10.9 Å². The van der Waals surface area contributed by atoms with Crippen LogP contribution in [0.25, 0.3) is 11.3 Å². The number of nitrogens with zero attached hydrogens (tertiary/aromatic N) is 2. The van der Waals surface area contributed by atoms with Crippen molar-refractivity contribution in [1.29, 1.82) is 0 Å². The monoisotopic (exact) mass is 397 g/mol. The third-order valence-corrected chi connectivity index (χ3v) is 4.24. The predicted molar refractivity (Wildman–Crippen MR) is 104 cm³/mol. The Morgan fingerprint density at radius 3 is 2.36 bits per heavy atom. The molecule has 0 saturated heterocycles. The van der Waals surface area contributed by atoms with Gasteiger partial charge in [-0.3, -0.25) is 9.59 Å². The fourth-order valence-corrected chi connectivity index (χ4v) is 2.74. The first-order valence-corrected chi connectivity index (χ1v) is 8.73. The summed E-state index contributed by atoms with van der Waals surface area (Å²) in [5.41, 5.74) is 1.17. The first-order chi connectivity index (χ1) is 13.4. The fraction of sp³-hybridized carbons (Fsp3) is 0.100. The molecule has 3 rings (SSSR count). The highest BCUT2D eigenvalue weighted by atomic mass is 35.5. The molecule has 0 fully saturated rings. The van der Waals surface area contributed by atoms with Gasteiger partial charge in [-0.05, 0) is 23.8 Å². The number of halogens is 1. The van der Waals surface area contributed by atoms with Crippen molar-refractivity contribution < 1.29 is 14.7 Å². The van der Waals surface area contributed by atoms with E-state index in [4.69, 9.17) is 11.6 Å². The van der Waals surface area contributed by atoms with Crippen LogP contribution in [-0.2, 0) is 16.1 Å². The van der Waals surface area contributed by atoms with Crippen molar-refractivity contribution in [2.24, 2.45) is 0 Å². The first kappa shape index (κ1) is 19.3. The highest BCUT2D eigenvalue weighted by molar-refractivity contribution is 6.30. The van der Waals surface area contributed by atoms with Crippen LogP contribution in [0.2, 0.25) is 5.02 Å². The van der Waals surface area contributed by atoms with E-state index < -0.39 is 30.0 Å². The largest absolute Gasteiger partial charge is 0.479 e. The standard InChI is InChI=1S/C20H16ClN3O4/c21-15-8-6-13(7-9-15)16-10-11-18(26)24(23-16)12-17(25)22-19(20(27)28)14-4-2-1-3-5-14/h1-11,19H,12H2,(H,22,25)(H,27,28)/t19-/m0/s1. The van der Waals surface area contributed by atoms with E-state index in [2.05, 4.69) is 10.4 Å². The molecule has 1 aromatic heterocycles. The Morgan fingerprint density at radius 2 is 1.71 bits per heavy atom. The molecule has 1 amide bonds. The number of hydrogen-bond acceptors (Lipinski definition) is 4. The van der Waals surface area contributed by atoms with Crippen molar-refractivity contribution in [1.82, 2.24) is 15.1 Å². The van der Waals surface area contributed by atoms with Gasteiger partial charge in [-0.15, -0.1) is 0 Å². The number of hydrogen-bond donors (Lipinski definition) is 2. The fourth-order valence-electron chi connectivity index (χ4n) is 2.61. The van der Waals surface area contributed by atoms with Gasteiger partial charge in [-0.2, -0.15) is 5.10 Å². The lowest BCUT2D eigenvalue weighted by Crippen LogP contribution is -2.38. The molecule has 0 spiro atoms. The second-order valence-electron chi connectivity index (χ2n) is 5.97. The number of nitrogens with one attached hydrogen (secondary N) is 1. The smallest absolute Gasteiger partial charge is 0.330 e. The van der Waals surface area contributed by atoms with E-state index in [0.717, 1.165) is 10.2 Å². The molecule has 0 radical (unpaired) electrons. The highest BCUT2D eigenvalue weighted by Gasteiger charge is 2.22. The van der Waals surface area contributed by atoms with Gasteiger partial charge in [0.05, 0.1) is 5.69 Å². The molecule has 0 aliphatic heterocycles. The normalized spacial score (nSPS) is 11.6. The first-order valence-electron chi connectivity index (χ1n) is 8.35. The molecule has 0 aliphatic rings. The Bertz CT molecular complexity index is 1050. The second-order valence-corrected chi connectivity index (χ2v) is 6.41. The molecule has 8 heteroatoms. The summed E-state index contributed by atoms with van der Waals surface area (Å²) in [6, 6.07) is 16.8. The Balaban J connectivity index is 1.79. The van der Waals surface area contributed by atoms with E-state index in [9.17, 15) is 19.5 Å². The molecule has 7 nitrogen and oxygen atoms in total. The Morgan fingerprint density at radius 1 is 1.04 bits per heavy atom. The van der Waals surface area contributed by atoms with E-state index in [1.54, 1.807) is 60.7 Å². The quantitative estimate of drug-likeness (QED) is 0.665. The molecule has 0 saturated carbocycles. The van der Waals surface area contributed by atoms with Crippen molar-refractivity contribution in [2.45, 2.75) is 12.6 Å². The van der Waals surface area contributed by atoms with Gasteiger partial charge in [0.15, 0.2) is 6.04 Å². The molecule has 142 valence electrons. The van der Waals surface area contributed by atoms with Gasteiger partial charge in [-0.25, -0.2) is 9.48 Å². The van der Waals surface area contributed by atoms with Gasteiger partial charge in [-0.1, -0.05) is 54.1 Å². The molecule has 3 aromatic rings. The number of carbonyl (C=O) groups is 2. The maximum Gasteiger partial charge on any atom is 0.330 e. The van der Waals surface area contributed by atoms with Crippen LogP contribution in [0.3, 0.4) is 0 Å². The average Bonchev–Trinajstić information content (AvgIpc) is 2.69. The summed E-state index contributed by atoms with van der Waals surface area (Å²) >= 11 is 5.87. The van der Waals surface area contributed by atoms with Gasteiger partial charge in [0.25, 0.3) is 5.56 Å². The van der Waals surface area contributed by atoms with Crippen LogP contribution in [0.5, 0.6) is 0 Å². The number of aromatic nitrogens is 2. The molecular weight excluding hydrogens is 382 g/mol. The summed E-state index contributed by atoms with van der Waals surface area (Å²) in [5.74, 6) is -1.84. The highest BCUT2D eigenvalue weighted by Crippen LogP contribution is 2.18.